The van der Waals surface area contributed by atoms with E-state index in [9.17, 15) is 0 Å². The molecule has 2 heterocycles. The molecule has 5 nitrogen and oxygen atoms in total. The van der Waals surface area contributed by atoms with Gasteiger partial charge in [0.25, 0.3) is 0 Å². The van der Waals surface area contributed by atoms with E-state index in [0.717, 1.165) is 13.2 Å². The van der Waals surface area contributed by atoms with Crippen LogP contribution < -0.4 is 5.32 Å². The van der Waals surface area contributed by atoms with Gasteiger partial charge in [0.15, 0.2) is 5.82 Å². The smallest absolute Gasteiger partial charge is 0.232 e. The lowest BCUT2D eigenvalue weighted by atomic mass is 9.97. The number of morpholine rings is 1. The van der Waals surface area contributed by atoms with Crippen molar-refractivity contribution >= 4 is 0 Å². The van der Waals surface area contributed by atoms with Crippen molar-refractivity contribution < 1.29 is 9.26 Å². The summed E-state index contributed by atoms with van der Waals surface area (Å²) < 4.78 is 10.6. The predicted octanol–water partition coefficient (Wildman–Crippen LogP) is 1.03. The summed E-state index contributed by atoms with van der Waals surface area (Å²) in [5.41, 5.74) is -0.0965. The maximum absolute atomic E-state index is 5.35. The van der Waals surface area contributed by atoms with E-state index in [1.165, 1.54) is 0 Å². The van der Waals surface area contributed by atoms with E-state index < -0.39 is 0 Å². The molecule has 0 saturated carbocycles. The van der Waals surface area contributed by atoms with E-state index in [2.05, 4.69) is 36.2 Å². The van der Waals surface area contributed by atoms with Gasteiger partial charge in [-0.15, -0.1) is 0 Å². The van der Waals surface area contributed by atoms with Gasteiger partial charge in [-0.25, -0.2) is 0 Å². The van der Waals surface area contributed by atoms with Gasteiger partial charge in [0, 0.05) is 12.0 Å². The average Bonchev–Trinajstić information content (AvgIpc) is 2.67. The normalized spacial score (nSPS) is 23.0. The number of hydrogen-bond acceptors (Lipinski definition) is 5. The minimum Gasteiger partial charge on any atom is -0.378 e. The third-order valence-electron chi connectivity index (χ3n) is 2.32. The van der Waals surface area contributed by atoms with Gasteiger partial charge >= 0.3 is 0 Å². The van der Waals surface area contributed by atoms with Crippen molar-refractivity contribution in [2.75, 3.05) is 19.8 Å². The summed E-state index contributed by atoms with van der Waals surface area (Å²) in [4.78, 5) is 4.38. The molecule has 0 aliphatic carbocycles. The van der Waals surface area contributed by atoms with Crippen LogP contribution in [0.3, 0.4) is 0 Å². The molecule has 1 aromatic heterocycles. The maximum Gasteiger partial charge on any atom is 0.232 e. The van der Waals surface area contributed by atoms with E-state index in [0.29, 0.717) is 18.3 Å². The molecule has 0 aromatic carbocycles. The second-order valence-electron chi connectivity index (χ2n) is 4.79. The Balaban J connectivity index is 2.12. The highest BCUT2D eigenvalue weighted by Gasteiger charge is 2.26. The highest BCUT2D eigenvalue weighted by molar-refractivity contribution is 5.02. The van der Waals surface area contributed by atoms with Gasteiger partial charge in [0.05, 0.1) is 19.3 Å². The second kappa shape index (κ2) is 3.90. The molecule has 0 bridgehead atoms. The van der Waals surface area contributed by atoms with Crippen LogP contribution in [0.1, 0.15) is 38.5 Å². The third kappa shape index (κ3) is 2.35. The van der Waals surface area contributed by atoms with Crippen molar-refractivity contribution in [2.24, 2.45) is 0 Å². The van der Waals surface area contributed by atoms with Crippen molar-refractivity contribution in [3.63, 3.8) is 0 Å². The summed E-state index contributed by atoms with van der Waals surface area (Å²) in [5, 5.41) is 7.27. The fraction of sp³-hybridized carbons (Fsp3) is 0.800. The molecule has 1 fully saturated rings. The van der Waals surface area contributed by atoms with Crippen LogP contribution in [-0.4, -0.2) is 29.9 Å². The van der Waals surface area contributed by atoms with Crippen LogP contribution in [0.15, 0.2) is 4.52 Å². The van der Waals surface area contributed by atoms with Gasteiger partial charge in [-0.1, -0.05) is 25.9 Å². The first kappa shape index (κ1) is 10.6. The van der Waals surface area contributed by atoms with Crippen LogP contribution in [0.5, 0.6) is 0 Å². The molecule has 1 saturated heterocycles. The van der Waals surface area contributed by atoms with Gasteiger partial charge in [0.2, 0.25) is 5.89 Å². The topological polar surface area (TPSA) is 60.2 Å². The number of nitrogens with zero attached hydrogens (tertiary/aromatic N) is 2. The summed E-state index contributed by atoms with van der Waals surface area (Å²) >= 11 is 0. The average molecular weight is 211 g/mol. The first-order chi connectivity index (χ1) is 7.07. The van der Waals surface area contributed by atoms with E-state index in [4.69, 9.17) is 9.26 Å². The van der Waals surface area contributed by atoms with Crippen molar-refractivity contribution in [3.05, 3.63) is 11.7 Å². The Morgan fingerprint density at radius 1 is 1.40 bits per heavy atom. The zero-order valence-electron chi connectivity index (χ0n) is 9.41. The van der Waals surface area contributed by atoms with Crippen LogP contribution in [-0.2, 0) is 10.2 Å². The van der Waals surface area contributed by atoms with Crippen molar-refractivity contribution in [3.8, 4) is 0 Å². The number of nitrogens with one attached hydrogen (secondary N) is 1. The molecule has 2 rings (SSSR count). The first-order valence-electron chi connectivity index (χ1n) is 5.22. The Kier molecular flexibility index (Phi) is 2.75. The van der Waals surface area contributed by atoms with Crippen LogP contribution >= 0.6 is 0 Å². The third-order valence-corrected chi connectivity index (χ3v) is 2.32. The van der Waals surface area contributed by atoms with Crippen LogP contribution in [0.25, 0.3) is 0 Å². The maximum atomic E-state index is 5.35. The van der Waals surface area contributed by atoms with Crippen molar-refractivity contribution in [1.82, 2.24) is 15.5 Å². The SMILES string of the molecule is CC(C)(C)c1nc(C2COCCN2)no1. The molecular weight excluding hydrogens is 194 g/mol. The van der Waals surface area contributed by atoms with Gasteiger partial charge < -0.3 is 14.6 Å². The fourth-order valence-corrected chi connectivity index (χ4v) is 1.41. The van der Waals surface area contributed by atoms with E-state index in [-0.39, 0.29) is 11.5 Å². The minimum absolute atomic E-state index is 0.0681. The Morgan fingerprint density at radius 3 is 2.73 bits per heavy atom. The quantitative estimate of drug-likeness (QED) is 0.751. The summed E-state index contributed by atoms with van der Waals surface area (Å²) in [6.45, 7) is 8.35. The molecule has 1 aromatic rings. The fourth-order valence-electron chi connectivity index (χ4n) is 1.41. The number of hydrogen-bond donors (Lipinski definition) is 1. The van der Waals surface area contributed by atoms with Crippen LogP contribution in [0.2, 0.25) is 0 Å². The molecule has 0 spiro atoms. The van der Waals surface area contributed by atoms with Gasteiger partial charge in [-0.05, 0) is 0 Å². The minimum atomic E-state index is -0.0965. The number of aromatic nitrogens is 2. The van der Waals surface area contributed by atoms with Crippen LogP contribution in [0, 0.1) is 0 Å². The van der Waals surface area contributed by atoms with Gasteiger partial charge in [0.1, 0.15) is 0 Å². The molecule has 84 valence electrons. The Morgan fingerprint density at radius 2 is 2.20 bits per heavy atom. The predicted molar refractivity (Wildman–Crippen MR) is 54.6 cm³/mol. The van der Waals surface area contributed by atoms with Gasteiger partial charge in [-0.3, -0.25) is 0 Å². The van der Waals surface area contributed by atoms with Crippen LogP contribution in [0.4, 0.5) is 0 Å². The molecular formula is C10H17N3O2. The number of rotatable bonds is 1. The summed E-state index contributed by atoms with van der Waals surface area (Å²) in [6, 6.07) is 0.0681. The Bertz CT molecular complexity index is 324. The van der Waals surface area contributed by atoms with E-state index in [1.54, 1.807) is 0 Å². The zero-order chi connectivity index (χ0) is 10.9. The zero-order valence-corrected chi connectivity index (χ0v) is 9.41. The van der Waals surface area contributed by atoms with Crippen molar-refractivity contribution in [2.45, 2.75) is 32.2 Å². The molecule has 15 heavy (non-hydrogen) atoms. The second-order valence-corrected chi connectivity index (χ2v) is 4.79. The molecule has 0 amide bonds. The highest BCUT2D eigenvalue weighted by atomic mass is 16.5. The standard InChI is InChI=1S/C10H17N3O2/c1-10(2,3)9-12-8(13-15-9)7-6-14-5-4-11-7/h7,11H,4-6H2,1-3H3. The van der Waals surface area contributed by atoms with E-state index in [1.807, 2.05) is 0 Å². The molecule has 1 unspecified atom stereocenters. The highest BCUT2D eigenvalue weighted by Crippen LogP contribution is 2.22. The van der Waals surface area contributed by atoms with Gasteiger partial charge in [-0.2, -0.15) is 4.98 Å². The molecule has 1 atom stereocenters. The number of ether oxygens (including phenoxy) is 1. The monoisotopic (exact) mass is 211 g/mol. The molecule has 1 aliphatic rings. The lowest BCUT2D eigenvalue weighted by Gasteiger charge is -2.20. The largest absolute Gasteiger partial charge is 0.378 e. The lowest BCUT2D eigenvalue weighted by molar-refractivity contribution is 0.0734. The molecule has 5 heteroatoms. The van der Waals surface area contributed by atoms with E-state index >= 15 is 0 Å². The summed E-state index contributed by atoms with van der Waals surface area (Å²) in [6.07, 6.45) is 0. The Labute approximate surface area is 89.2 Å². The summed E-state index contributed by atoms with van der Waals surface area (Å²) in [5.74, 6) is 1.37. The molecule has 1 N–H and O–H groups in total. The van der Waals surface area contributed by atoms with Crippen molar-refractivity contribution in [1.29, 1.82) is 0 Å². The lowest BCUT2D eigenvalue weighted by Crippen LogP contribution is -2.35. The Hall–Kier alpha value is -0.940. The summed E-state index contributed by atoms with van der Waals surface area (Å²) in [7, 11) is 0. The molecule has 0 radical (unpaired) electrons. The first-order valence-corrected chi connectivity index (χ1v) is 5.22. The molecule has 1 aliphatic heterocycles.